The molecule has 0 saturated carbocycles. The second kappa shape index (κ2) is 9.69. The maximum atomic E-state index is 13.4. The largest absolute Gasteiger partial charge is 0.493 e. The number of rotatable bonds is 6. The van der Waals surface area contributed by atoms with E-state index in [0.29, 0.717) is 30.9 Å². The van der Waals surface area contributed by atoms with E-state index in [1.165, 1.54) is 12.1 Å². The first kappa shape index (κ1) is 20.3. The van der Waals surface area contributed by atoms with Crippen LogP contribution in [0.25, 0.3) is 0 Å². The molecule has 0 aliphatic carbocycles. The van der Waals surface area contributed by atoms with Gasteiger partial charge in [0.15, 0.2) is 0 Å². The minimum absolute atomic E-state index is 0.0491. The van der Waals surface area contributed by atoms with Crippen LogP contribution in [0.5, 0.6) is 5.75 Å². The zero-order chi connectivity index (χ0) is 20.6. The number of benzene rings is 2. The van der Waals surface area contributed by atoms with Crippen LogP contribution in [0.15, 0.2) is 48.5 Å². The van der Waals surface area contributed by atoms with Gasteiger partial charge in [0.2, 0.25) is 11.8 Å². The molecule has 0 spiro atoms. The third-order valence-corrected chi connectivity index (χ3v) is 4.83. The molecule has 2 amide bonds. The van der Waals surface area contributed by atoms with E-state index in [9.17, 15) is 14.0 Å². The van der Waals surface area contributed by atoms with Gasteiger partial charge in [-0.1, -0.05) is 18.2 Å². The highest BCUT2D eigenvalue weighted by atomic mass is 19.1. The number of ether oxygens (including phenoxy) is 1. The molecule has 1 fully saturated rings. The van der Waals surface area contributed by atoms with Crippen LogP contribution in [0.3, 0.4) is 0 Å². The van der Waals surface area contributed by atoms with Gasteiger partial charge < -0.3 is 15.0 Å². The molecule has 150 valence electrons. The number of nitriles is 1. The highest BCUT2D eigenvalue weighted by Crippen LogP contribution is 2.21. The number of hydrogen-bond acceptors (Lipinski definition) is 4. The van der Waals surface area contributed by atoms with Crippen LogP contribution >= 0.6 is 0 Å². The Kier molecular flexibility index (Phi) is 6.80. The van der Waals surface area contributed by atoms with Crippen molar-refractivity contribution < 1.29 is 18.7 Å². The van der Waals surface area contributed by atoms with Crippen molar-refractivity contribution in [1.82, 2.24) is 4.90 Å². The highest BCUT2D eigenvalue weighted by Gasteiger charge is 2.28. The molecule has 1 atom stereocenters. The summed E-state index contributed by atoms with van der Waals surface area (Å²) in [6.45, 7) is 1.23. The van der Waals surface area contributed by atoms with Crippen molar-refractivity contribution in [2.24, 2.45) is 5.92 Å². The molecular weight excluding hydrogens is 373 g/mol. The third-order valence-electron chi connectivity index (χ3n) is 4.83. The van der Waals surface area contributed by atoms with Crippen molar-refractivity contribution in [3.63, 3.8) is 0 Å². The Labute approximate surface area is 168 Å². The fourth-order valence-corrected chi connectivity index (χ4v) is 3.28. The van der Waals surface area contributed by atoms with Gasteiger partial charge in [-0.15, -0.1) is 0 Å². The van der Waals surface area contributed by atoms with Crippen molar-refractivity contribution in [3.05, 3.63) is 59.9 Å². The molecule has 2 aromatic carbocycles. The van der Waals surface area contributed by atoms with Crippen LogP contribution < -0.4 is 10.1 Å². The van der Waals surface area contributed by atoms with Crippen LogP contribution in [0, 0.1) is 23.1 Å². The summed E-state index contributed by atoms with van der Waals surface area (Å²) in [5.74, 6) is -0.547. The van der Waals surface area contributed by atoms with Crippen molar-refractivity contribution in [3.8, 4) is 11.8 Å². The first-order valence-electron chi connectivity index (χ1n) is 9.53. The number of carbonyl (C=O) groups excluding carboxylic acids is 2. The lowest BCUT2D eigenvalue weighted by atomic mass is 9.96. The average Bonchev–Trinajstić information content (AvgIpc) is 2.75. The van der Waals surface area contributed by atoms with E-state index >= 15 is 0 Å². The third kappa shape index (κ3) is 5.55. The lowest BCUT2D eigenvalue weighted by molar-refractivity contribution is -0.135. The molecule has 1 aliphatic rings. The Morgan fingerprint density at radius 2 is 2.03 bits per heavy atom. The van der Waals surface area contributed by atoms with E-state index in [2.05, 4.69) is 5.32 Å². The number of carbonyl (C=O) groups is 2. The van der Waals surface area contributed by atoms with Gasteiger partial charge in [-0.2, -0.15) is 5.26 Å². The predicted octanol–water partition coefficient (Wildman–Crippen LogP) is 3.34. The molecule has 1 heterocycles. The van der Waals surface area contributed by atoms with Gasteiger partial charge in [-0.25, -0.2) is 4.39 Å². The Morgan fingerprint density at radius 3 is 2.79 bits per heavy atom. The fraction of sp³-hybridized carbons (Fsp3) is 0.318. The van der Waals surface area contributed by atoms with Crippen LogP contribution in [0.2, 0.25) is 0 Å². The summed E-state index contributed by atoms with van der Waals surface area (Å²) in [4.78, 5) is 26.7. The Bertz CT molecular complexity index is 911. The average molecular weight is 395 g/mol. The van der Waals surface area contributed by atoms with Gasteiger partial charge in [0.1, 0.15) is 17.6 Å². The quantitative estimate of drug-likeness (QED) is 0.813. The minimum Gasteiger partial charge on any atom is -0.493 e. The van der Waals surface area contributed by atoms with Crippen molar-refractivity contribution in [1.29, 1.82) is 5.26 Å². The van der Waals surface area contributed by atoms with E-state index in [0.717, 1.165) is 12.5 Å². The SMILES string of the molecule is N#Cc1cc(NC(=O)C2CCCN(C(=O)CCOc3ccccc3)C2)ccc1F. The minimum atomic E-state index is -0.627. The molecule has 6 nitrogen and oxygen atoms in total. The topological polar surface area (TPSA) is 82.4 Å². The van der Waals surface area contributed by atoms with Gasteiger partial charge in [-0.05, 0) is 43.2 Å². The summed E-state index contributed by atoms with van der Waals surface area (Å²) in [5, 5.41) is 11.6. The zero-order valence-electron chi connectivity index (χ0n) is 15.9. The van der Waals surface area contributed by atoms with Crippen molar-refractivity contribution >= 4 is 17.5 Å². The Balaban J connectivity index is 1.51. The number of hydrogen-bond donors (Lipinski definition) is 1. The van der Waals surface area contributed by atoms with E-state index in [4.69, 9.17) is 10.00 Å². The molecule has 0 aromatic heterocycles. The molecular formula is C22H22FN3O3. The molecule has 29 heavy (non-hydrogen) atoms. The van der Waals surface area contributed by atoms with Crippen molar-refractivity contribution in [2.75, 3.05) is 25.0 Å². The van der Waals surface area contributed by atoms with E-state index in [1.807, 2.05) is 30.3 Å². The number of nitrogens with one attached hydrogen (secondary N) is 1. The summed E-state index contributed by atoms with van der Waals surface area (Å²) >= 11 is 0. The normalized spacial score (nSPS) is 16.0. The smallest absolute Gasteiger partial charge is 0.229 e. The molecule has 1 unspecified atom stereocenters. The summed E-state index contributed by atoms with van der Waals surface area (Å²) in [6.07, 6.45) is 1.64. The van der Waals surface area contributed by atoms with E-state index < -0.39 is 5.82 Å². The molecule has 0 radical (unpaired) electrons. The number of likely N-dealkylation sites (tertiary alicyclic amines) is 1. The van der Waals surface area contributed by atoms with Crippen molar-refractivity contribution in [2.45, 2.75) is 19.3 Å². The molecule has 2 aromatic rings. The number of halogens is 1. The summed E-state index contributed by atoms with van der Waals surface area (Å²) in [7, 11) is 0. The number of nitrogens with zero attached hydrogens (tertiary/aromatic N) is 2. The predicted molar refractivity (Wildman–Crippen MR) is 106 cm³/mol. The molecule has 0 bridgehead atoms. The van der Waals surface area contributed by atoms with Gasteiger partial charge in [-0.3, -0.25) is 9.59 Å². The molecule has 1 saturated heterocycles. The molecule has 1 aliphatic heterocycles. The molecule has 7 heteroatoms. The second-order valence-electron chi connectivity index (χ2n) is 6.89. The van der Waals surface area contributed by atoms with Crippen LogP contribution in [0.4, 0.5) is 10.1 Å². The fourth-order valence-electron chi connectivity index (χ4n) is 3.28. The number of piperidine rings is 1. The Hall–Kier alpha value is -3.40. The van der Waals surface area contributed by atoms with Gasteiger partial charge >= 0.3 is 0 Å². The van der Waals surface area contributed by atoms with Gasteiger partial charge in [0, 0.05) is 18.8 Å². The number of anilines is 1. The first-order chi connectivity index (χ1) is 14.1. The van der Waals surface area contributed by atoms with Crippen LogP contribution in [-0.2, 0) is 9.59 Å². The summed E-state index contributed by atoms with van der Waals surface area (Å²) < 4.78 is 19.0. The first-order valence-corrected chi connectivity index (χ1v) is 9.53. The lowest BCUT2D eigenvalue weighted by Crippen LogP contribution is -2.44. The van der Waals surface area contributed by atoms with Gasteiger partial charge in [0.05, 0.1) is 24.5 Å². The molecule has 1 N–H and O–H groups in total. The molecule has 3 rings (SSSR count). The summed E-state index contributed by atoms with van der Waals surface area (Å²) in [6, 6.07) is 14.9. The van der Waals surface area contributed by atoms with Gasteiger partial charge in [0.25, 0.3) is 0 Å². The second-order valence-corrected chi connectivity index (χ2v) is 6.89. The zero-order valence-corrected chi connectivity index (χ0v) is 15.9. The number of para-hydroxylation sites is 1. The van der Waals surface area contributed by atoms with E-state index in [1.54, 1.807) is 11.0 Å². The maximum absolute atomic E-state index is 13.4. The number of amides is 2. The highest BCUT2D eigenvalue weighted by molar-refractivity contribution is 5.93. The van der Waals surface area contributed by atoms with Crippen LogP contribution in [0.1, 0.15) is 24.8 Å². The standard InChI is InChI=1S/C22H22FN3O3/c23-20-9-8-18(13-17(20)14-24)25-22(28)16-5-4-11-26(15-16)21(27)10-12-29-19-6-2-1-3-7-19/h1-3,6-9,13,16H,4-5,10-12,15H2,(H,25,28). The summed E-state index contributed by atoms with van der Waals surface area (Å²) in [5.41, 5.74) is 0.245. The lowest BCUT2D eigenvalue weighted by Gasteiger charge is -2.32. The van der Waals surface area contributed by atoms with Crippen LogP contribution in [-0.4, -0.2) is 36.4 Å². The van der Waals surface area contributed by atoms with E-state index in [-0.39, 0.29) is 36.3 Å². The monoisotopic (exact) mass is 395 g/mol. The Morgan fingerprint density at radius 1 is 1.24 bits per heavy atom. The maximum Gasteiger partial charge on any atom is 0.229 e.